The van der Waals surface area contributed by atoms with Gasteiger partial charge in [0, 0.05) is 37.4 Å². The van der Waals surface area contributed by atoms with Crippen LogP contribution in [0.1, 0.15) is 30.7 Å². The number of aromatic amines is 1. The molecule has 0 fully saturated rings. The molecule has 0 saturated carbocycles. The smallest absolute Gasteiger partial charge is 0.243 e. The predicted molar refractivity (Wildman–Crippen MR) is 90.4 cm³/mol. The Labute approximate surface area is 138 Å². The lowest BCUT2D eigenvalue weighted by Gasteiger charge is -2.18. The molecule has 0 bridgehead atoms. The van der Waals surface area contributed by atoms with Gasteiger partial charge in [0.1, 0.15) is 0 Å². The van der Waals surface area contributed by atoms with Crippen LogP contribution in [0.4, 0.5) is 0 Å². The number of nitrogens with one attached hydrogen (secondary N) is 2. The molecule has 0 radical (unpaired) electrons. The molecule has 7 heteroatoms. The van der Waals surface area contributed by atoms with Gasteiger partial charge in [-0.15, -0.1) is 0 Å². The van der Waals surface area contributed by atoms with E-state index in [0.29, 0.717) is 24.5 Å². The van der Waals surface area contributed by atoms with Crippen molar-refractivity contribution in [3.8, 4) is 0 Å². The van der Waals surface area contributed by atoms with E-state index in [1.54, 1.807) is 12.1 Å². The molecule has 1 heterocycles. The number of hydrogen-bond acceptors (Lipinski definition) is 4. The van der Waals surface area contributed by atoms with E-state index in [4.69, 9.17) is 0 Å². The Morgan fingerprint density at radius 1 is 1.13 bits per heavy atom. The molecule has 0 saturated heterocycles. The second-order valence-corrected chi connectivity index (χ2v) is 7.30. The third kappa shape index (κ3) is 4.19. The number of benzene rings is 1. The molecule has 0 aliphatic rings. The van der Waals surface area contributed by atoms with Crippen molar-refractivity contribution in [1.82, 2.24) is 19.8 Å². The highest BCUT2D eigenvalue weighted by Gasteiger charge is 2.20. The highest BCUT2D eigenvalue weighted by molar-refractivity contribution is 7.89. The van der Waals surface area contributed by atoms with Crippen LogP contribution in [0.2, 0.25) is 0 Å². The number of sulfonamides is 1. The molecule has 2 N–H and O–H groups in total. The SMILES string of the molecule is CCN(CC)S(=O)(=O)c1ccc(CNCc2cn[nH]c2C)cc1. The molecular formula is C16H24N4O2S. The summed E-state index contributed by atoms with van der Waals surface area (Å²) in [4.78, 5) is 0.343. The lowest BCUT2D eigenvalue weighted by atomic mass is 10.2. The maximum absolute atomic E-state index is 12.4. The van der Waals surface area contributed by atoms with Crippen LogP contribution in [-0.4, -0.2) is 36.0 Å². The minimum Gasteiger partial charge on any atom is -0.308 e. The Morgan fingerprint density at radius 3 is 2.30 bits per heavy atom. The Balaban J connectivity index is 1.98. The average Bonchev–Trinajstić information content (AvgIpc) is 2.94. The Bertz CT molecular complexity index is 719. The zero-order valence-corrected chi connectivity index (χ0v) is 14.7. The van der Waals surface area contributed by atoms with E-state index in [0.717, 1.165) is 23.4 Å². The van der Waals surface area contributed by atoms with Crippen molar-refractivity contribution >= 4 is 10.0 Å². The molecule has 0 aliphatic heterocycles. The van der Waals surface area contributed by atoms with Gasteiger partial charge in [0.25, 0.3) is 0 Å². The van der Waals surface area contributed by atoms with Crippen LogP contribution in [0, 0.1) is 6.92 Å². The highest BCUT2D eigenvalue weighted by atomic mass is 32.2. The largest absolute Gasteiger partial charge is 0.308 e. The lowest BCUT2D eigenvalue weighted by molar-refractivity contribution is 0.445. The van der Waals surface area contributed by atoms with Crippen LogP contribution in [0.15, 0.2) is 35.4 Å². The fourth-order valence-electron chi connectivity index (χ4n) is 2.39. The van der Waals surface area contributed by atoms with Gasteiger partial charge in [-0.1, -0.05) is 26.0 Å². The number of aromatic nitrogens is 2. The number of rotatable bonds is 8. The van der Waals surface area contributed by atoms with E-state index in [1.807, 2.05) is 39.1 Å². The monoisotopic (exact) mass is 336 g/mol. The topological polar surface area (TPSA) is 78.1 Å². The summed E-state index contributed by atoms with van der Waals surface area (Å²) in [6, 6.07) is 7.05. The van der Waals surface area contributed by atoms with Crippen LogP contribution in [-0.2, 0) is 23.1 Å². The fraction of sp³-hybridized carbons (Fsp3) is 0.438. The maximum atomic E-state index is 12.4. The van der Waals surface area contributed by atoms with Crippen molar-refractivity contribution in [1.29, 1.82) is 0 Å². The maximum Gasteiger partial charge on any atom is 0.243 e. The van der Waals surface area contributed by atoms with E-state index in [-0.39, 0.29) is 0 Å². The van der Waals surface area contributed by atoms with Crippen LogP contribution < -0.4 is 5.32 Å². The summed E-state index contributed by atoms with van der Waals surface area (Å²) in [5.74, 6) is 0. The number of nitrogens with zero attached hydrogens (tertiary/aromatic N) is 2. The van der Waals surface area contributed by atoms with Crippen molar-refractivity contribution in [2.45, 2.75) is 38.8 Å². The molecule has 126 valence electrons. The van der Waals surface area contributed by atoms with Crippen molar-refractivity contribution in [3.05, 3.63) is 47.3 Å². The molecule has 0 aliphatic carbocycles. The summed E-state index contributed by atoms with van der Waals surface area (Å²) in [6.45, 7) is 8.03. The third-order valence-electron chi connectivity index (χ3n) is 3.85. The van der Waals surface area contributed by atoms with Gasteiger partial charge in [0.15, 0.2) is 0 Å². The average molecular weight is 336 g/mol. The molecule has 23 heavy (non-hydrogen) atoms. The van der Waals surface area contributed by atoms with Crippen molar-refractivity contribution < 1.29 is 8.42 Å². The van der Waals surface area contributed by atoms with Gasteiger partial charge in [-0.2, -0.15) is 9.40 Å². The van der Waals surface area contributed by atoms with E-state index in [2.05, 4.69) is 15.5 Å². The normalized spacial score (nSPS) is 12.0. The summed E-state index contributed by atoms with van der Waals surface area (Å²) in [5, 5.41) is 10.2. The molecule has 0 amide bonds. The van der Waals surface area contributed by atoms with Crippen molar-refractivity contribution in [2.24, 2.45) is 0 Å². The number of H-pyrrole nitrogens is 1. The van der Waals surface area contributed by atoms with Crippen LogP contribution >= 0.6 is 0 Å². The summed E-state index contributed by atoms with van der Waals surface area (Å²) in [6.07, 6.45) is 1.81. The third-order valence-corrected chi connectivity index (χ3v) is 5.91. The quantitative estimate of drug-likeness (QED) is 0.773. The van der Waals surface area contributed by atoms with Gasteiger partial charge in [0.05, 0.1) is 11.1 Å². The second kappa shape index (κ2) is 7.72. The Morgan fingerprint density at radius 2 is 1.78 bits per heavy atom. The van der Waals surface area contributed by atoms with Gasteiger partial charge in [-0.3, -0.25) is 5.10 Å². The van der Waals surface area contributed by atoms with E-state index < -0.39 is 10.0 Å². The van der Waals surface area contributed by atoms with Gasteiger partial charge in [-0.25, -0.2) is 8.42 Å². The molecule has 0 atom stereocenters. The molecule has 0 unspecified atom stereocenters. The van der Waals surface area contributed by atoms with Gasteiger partial charge >= 0.3 is 0 Å². The first-order valence-electron chi connectivity index (χ1n) is 7.77. The van der Waals surface area contributed by atoms with E-state index in [1.165, 1.54) is 4.31 Å². The van der Waals surface area contributed by atoms with Crippen LogP contribution in [0.5, 0.6) is 0 Å². The second-order valence-electron chi connectivity index (χ2n) is 5.36. The first kappa shape index (κ1) is 17.7. The van der Waals surface area contributed by atoms with Crippen LogP contribution in [0.25, 0.3) is 0 Å². The zero-order valence-electron chi connectivity index (χ0n) is 13.8. The molecule has 1 aromatic carbocycles. The van der Waals surface area contributed by atoms with Gasteiger partial charge in [-0.05, 0) is 24.6 Å². The lowest BCUT2D eigenvalue weighted by Crippen LogP contribution is -2.30. The minimum atomic E-state index is -3.38. The summed E-state index contributed by atoms with van der Waals surface area (Å²) >= 11 is 0. The summed E-state index contributed by atoms with van der Waals surface area (Å²) in [5.41, 5.74) is 3.23. The van der Waals surface area contributed by atoms with Crippen LogP contribution in [0.3, 0.4) is 0 Å². The van der Waals surface area contributed by atoms with E-state index >= 15 is 0 Å². The molecule has 6 nitrogen and oxygen atoms in total. The van der Waals surface area contributed by atoms with Crippen molar-refractivity contribution in [2.75, 3.05) is 13.1 Å². The Kier molecular flexibility index (Phi) is 5.92. The predicted octanol–water partition coefficient (Wildman–Crippen LogP) is 2.04. The molecular weight excluding hydrogens is 312 g/mol. The first-order valence-corrected chi connectivity index (χ1v) is 9.21. The highest BCUT2D eigenvalue weighted by Crippen LogP contribution is 2.16. The summed E-state index contributed by atoms with van der Waals surface area (Å²) in [7, 11) is -3.38. The fourth-order valence-corrected chi connectivity index (χ4v) is 3.85. The first-order chi connectivity index (χ1) is 11.0. The standard InChI is InChI=1S/C16H24N4O2S/c1-4-20(5-2)23(21,22)16-8-6-14(7-9-16)10-17-11-15-12-18-19-13(15)3/h6-9,12,17H,4-5,10-11H2,1-3H3,(H,18,19). The van der Waals surface area contributed by atoms with Gasteiger partial charge < -0.3 is 5.32 Å². The zero-order chi connectivity index (χ0) is 16.9. The number of aryl methyl sites for hydroxylation is 1. The molecule has 0 spiro atoms. The summed E-state index contributed by atoms with van der Waals surface area (Å²) < 4.78 is 26.3. The molecule has 1 aromatic heterocycles. The molecule has 2 aromatic rings. The van der Waals surface area contributed by atoms with Gasteiger partial charge in [0.2, 0.25) is 10.0 Å². The Hall–Kier alpha value is -1.70. The minimum absolute atomic E-state index is 0.343. The molecule has 2 rings (SSSR count). The van der Waals surface area contributed by atoms with E-state index in [9.17, 15) is 8.42 Å². The van der Waals surface area contributed by atoms with Crippen molar-refractivity contribution in [3.63, 3.8) is 0 Å². The number of hydrogen-bond donors (Lipinski definition) is 2.